The number of aromatic nitrogens is 3. The first-order chi connectivity index (χ1) is 17.4. The number of hydrogen-bond donors (Lipinski definition) is 1. The molecule has 1 N–H and O–H groups in total. The van der Waals surface area contributed by atoms with Gasteiger partial charge in [-0.1, -0.05) is 20.8 Å². The molecule has 13 nitrogen and oxygen atoms in total. The van der Waals surface area contributed by atoms with Crippen molar-refractivity contribution < 1.29 is 38.1 Å². The number of esters is 3. The second kappa shape index (κ2) is 11.3. The van der Waals surface area contributed by atoms with Crippen LogP contribution in [0.2, 0.25) is 0 Å². The van der Waals surface area contributed by atoms with Crippen molar-refractivity contribution in [1.82, 2.24) is 19.5 Å². The Morgan fingerprint density at radius 1 is 1.08 bits per heavy atom. The van der Waals surface area contributed by atoms with E-state index in [-0.39, 0.29) is 40.7 Å². The number of aryl methyl sites for hydroxylation is 1. The zero-order valence-electron chi connectivity index (χ0n) is 21.7. The Morgan fingerprint density at radius 2 is 1.65 bits per heavy atom. The van der Waals surface area contributed by atoms with Crippen molar-refractivity contribution in [3.8, 4) is 5.88 Å². The van der Waals surface area contributed by atoms with Crippen LogP contribution in [-0.4, -0.2) is 63.1 Å². The number of fused-ring (bicyclic) bond motifs is 1. The molecule has 2 heterocycles. The smallest absolute Gasteiger partial charge is 0.420 e. The highest BCUT2D eigenvalue weighted by Crippen LogP contribution is 2.40. The summed E-state index contributed by atoms with van der Waals surface area (Å²) in [6, 6.07) is 0. The Balaban J connectivity index is 1.94. The van der Waals surface area contributed by atoms with Crippen LogP contribution in [-0.2, 0) is 23.8 Å². The standard InChI is InChI=1S/C24H31N5O8/c1-12-8-13(2)20(14(3)9-12)36-23(32)18-19(25-7)22(29-21(18)26-15(4)27-29)37-24(33)28(10-34-16(5)30)11-35-17(6)31/h12-14,20H,8-11H2,1-6H3,(H,26,27). The van der Waals surface area contributed by atoms with Gasteiger partial charge in [0, 0.05) is 13.8 Å². The third-order valence-corrected chi connectivity index (χ3v) is 6.14. The molecule has 0 aromatic carbocycles. The van der Waals surface area contributed by atoms with Crippen LogP contribution in [0.1, 0.15) is 63.6 Å². The van der Waals surface area contributed by atoms with E-state index in [2.05, 4.69) is 21.9 Å². The van der Waals surface area contributed by atoms with Crippen molar-refractivity contribution in [2.45, 2.75) is 60.5 Å². The van der Waals surface area contributed by atoms with Gasteiger partial charge < -0.3 is 18.9 Å². The normalized spacial score (nSPS) is 21.1. The fourth-order valence-corrected chi connectivity index (χ4v) is 4.70. The molecule has 1 aliphatic carbocycles. The number of amides is 1. The molecule has 2 aromatic rings. The molecule has 2 atom stereocenters. The van der Waals surface area contributed by atoms with E-state index in [1.54, 1.807) is 6.92 Å². The number of carbonyl (C=O) groups is 4. The molecule has 3 rings (SSSR count). The summed E-state index contributed by atoms with van der Waals surface area (Å²) in [6.45, 7) is 16.7. The lowest BCUT2D eigenvalue weighted by molar-refractivity contribution is -0.151. The molecule has 0 radical (unpaired) electrons. The number of nitrogens with one attached hydrogen (secondary N) is 1. The third kappa shape index (κ3) is 6.19. The quantitative estimate of drug-likeness (QED) is 0.252. The number of ether oxygens (including phenoxy) is 4. The molecule has 0 saturated heterocycles. The molecular weight excluding hydrogens is 486 g/mol. The van der Waals surface area contributed by atoms with E-state index in [0.29, 0.717) is 11.7 Å². The number of rotatable bonds is 7. The highest BCUT2D eigenvalue weighted by molar-refractivity contribution is 6.05. The number of H-pyrrole nitrogens is 1. The van der Waals surface area contributed by atoms with Gasteiger partial charge in [0.2, 0.25) is 5.88 Å². The van der Waals surface area contributed by atoms with Gasteiger partial charge in [0.1, 0.15) is 17.5 Å². The number of aromatic amines is 1. The van der Waals surface area contributed by atoms with Crippen molar-refractivity contribution in [2.75, 3.05) is 13.5 Å². The van der Waals surface area contributed by atoms with Crippen LogP contribution < -0.4 is 4.74 Å². The molecular formula is C24H31N5O8. The predicted molar refractivity (Wildman–Crippen MR) is 128 cm³/mol. The van der Waals surface area contributed by atoms with Gasteiger partial charge >= 0.3 is 24.0 Å². The highest BCUT2D eigenvalue weighted by atomic mass is 16.6. The Bertz CT molecular complexity index is 1210. The molecule has 200 valence electrons. The summed E-state index contributed by atoms with van der Waals surface area (Å²) in [5.74, 6) is -1.24. The van der Waals surface area contributed by atoms with E-state index in [1.165, 1.54) is 4.52 Å². The number of carbonyl (C=O) groups excluding carboxylic acids is 4. The first-order valence-electron chi connectivity index (χ1n) is 11.9. The molecule has 0 aliphatic heterocycles. The lowest BCUT2D eigenvalue weighted by atomic mass is 9.75. The van der Waals surface area contributed by atoms with E-state index in [4.69, 9.17) is 25.5 Å². The zero-order valence-corrected chi connectivity index (χ0v) is 21.7. The maximum absolute atomic E-state index is 13.4. The summed E-state index contributed by atoms with van der Waals surface area (Å²) < 4.78 is 22.2. The van der Waals surface area contributed by atoms with Gasteiger partial charge in [-0.25, -0.2) is 28.8 Å². The van der Waals surface area contributed by atoms with Crippen molar-refractivity contribution >= 4 is 35.3 Å². The molecule has 2 aromatic heterocycles. The van der Waals surface area contributed by atoms with Crippen molar-refractivity contribution in [1.29, 1.82) is 0 Å². The molecule has 1 fully saturated rings. The lowest BCUT2D eigenvalue weighted by Gasteiger charge is -2.37. The van der Waals surface area contributed by atoms with Gasteiger partial charge in [0.25, 0.3) is 5.69 Å². The maximum atomic E-state index is 13.4. The van der Waals surface area contributed by atoms with Gasteiger partial charge in [-0.2, -0.15) is 0 Å². The van der Waals surface area contributed by atoms with E-state index < -0.39 is 37.5 Å². The van der Waals surface area contributed by atoms with Crippen molar-refractivity contribution in [2.24, 2.45) is 17.8 Å². The second-order valence-corrected chi connectivity index (χ2v) is 9.45. The average Bonchev–Trinajstić information content (AvgIpc) is 3.30. The fraction of sp³-hybridized carbons (Fsp3) is 0.583. The molecule has 1 saturated carbocycles. The topological polar surface area (TPSA) is 146 Å². The van der Waals surface area contributed by atoms with Gasteiger partial charge in [-0.3, -0.25) is 14.7 Å². The largest absolute Gasteiger partial charge is 0.459 e. The summed E-state index contributed by atoms with van der Waals surface area (Å²) >= 11 is 0. The monoisotopic (exact) mass is 517 g/mol. The van der Waals surface area contributed by atoms with Crippen molar-refractivity contribution in [3.05, 3.63) is 22.8 Å². The number of hydrogen-bond acceptors (Lipinski definition) is 9. The van der Waals surface area contributed by atoms with Gasteiger partial charge in [-0.15, -0.1) is 0 Å². The van der Waals surface area contributed by atoms with E-state index in [1.807, 2.05) is 13.8 Å². The summed E-state index contributed by atoms with van der Waals surface area (Å²) in [4.78, 5) is 57.3. The molecule has 1 aliphatic rings. The van der Waals surface area contributed by atoms with Gasteiger partial charge in [-0.05, 0) is 37.5 Å². The minimum atomic E-state index is -1.09. The lowest BCUT2D eigenvalue weighted by Crippen LogP contribution is -2.38. The highest BCUT2D eigenvalue weighted by Gasteiger charge is 2.37. The minimum Gasteiger partial charge on any atom is -0.459 e. The summed E-state index contributed by atoms with van der Waals surface area (Å²) in [6.07, 6.45) is 0.385. The van der Waals surface area contributed by atoms with Gasteiger partial charge in [0.15, 0.2) is 19.1 Å². The first kappa shape index (κ1) is 27.5. The Labute approximate surface area is 213 Å². The van der Waals surface area contributed by atoms with E-state index in [9.17, 15) is 19.2 Å². The Kier molecular flexibility index (Phi) is 8.42. The predicted octanol–water partition coefficient (Wildman–Crippen LogP) is 3.59. The third-order valence-electron chi connectivity index (χ3n) is 6.14. The van der Waals surface area contributed by atoms with Crippen LogP contribution >= 0.6 is 0 Å². The first-order valence-corrected chi connectivity index (χ1v) is 11.9. The SMILES string of the molecule is [C-]#[N+]c1c(C(=O)OC2C(C)CC(C)CC2C)c2nc(C)[nH]n2c1OC(=O)N(COC(C)=O)COC(C)=O. The Hall–Kier alpha value is -4.08. The van der Waals surface area contributed by atoms with Crippen LogP contribution in [0.15, 0.2) is 0 Å². The van der Waals surface area contributed by atoms with E-state index >= 15 is 0 Å². The van der Waals surface area contributed by atoms with Crippen LogP contribution in [0, 0.1) is 31.2 Å². The summed E-state index contributed by atoms with van der Waals surface area (Å²) in [5, 5.41) is 2.84. The minimum absolute atomic E-state index is 0.0623. The molecule has 1 amide bonds. The average molecular weight is 518 g/mol. The molecule has 0 spiro atoms. The van der Waals surface area contributed by atoms with Crippen molar-refractivity contribution in [3.63, 3.8) is 0 Å². The van der Waals surface area contributed by atoms with Crippen LogP contribution in [0.4, 0.5) is 10.5 Å². The molecule has 13 heteroatoms. The van der Waals surface area contributed by atoms with Gasteiger partial charge in [0.05, 0.1) is 6.57 Å². The number of nitrogens with zero attached hydrogens (tertiary/aromatic N) is 4. The van der Waals surface area contributed by atoms with Crippen LogP contribution in [0.5, 0.6) is 5.88 Å². The maximum Gasteiger partial charge on any atom is 0.420 e. The van der Waals surface area contributed by atoms with E-state index in [0.717, 1.165) is 31.6 Å². The summed E-state index contributed by atoms with van der Waals surface area (Å²) in [7, 11) is 0. The molecule has 0 bridgehead atoms. The summed E-state index contributed by atoms with van der Waals surface area (Å²) in [5.41, 5.74) is -0.347. The second-order valence-electron chi connectivity index (χ2n) is 9.45. The molecule has 2 unspecified atom stereocenters. The fourth-order valence-electron chi connectivity index (χ4n) is 4.70. The van der Waals surface area contributed by atoms with Crippen LogP contribution in [0.25, 0.3) is 10.5 Å². The Morgan fingerprint density at radius 3 is 2.16 bits per heavy atom. The zero-order chi connectivity index (χ0) is 27.4. The van der Waals surface area contributed by atoms with Crippen LogP contribution in [0.3, 0.4) is 0 Å². The molecule has 37 heavy (non-hydrogen) atoms.